The third-order valence-electron chi connectivity index (χ3n) is 3.15. The van der Waals surface area contributed by atoms with Gasteiger partial charge in [-0.2, -0.15) is 0 Å². The molecule has 0 radical (unpaired) electrons. The number of likely N-dealkylation sites (N-methyl/N-ethyl adjacent to an activating group) is 1. The van der Waals surface area contributed by atoms with Crippen molar-refractivity contribution >= 4 is 11.6 Å². The van der Waals surface area contributed by atoms with Crippen molar-refractivity contribution in [3.8, 4) is 0 Å². The van der Waals surface area contributed by atoms with Crippen molar-refractivity contribution in [3.05, 3.63) is 29.8 Å². The van der Waals surface area contributed by atoms with Crippen LogP contribution in [0.3, 0.4) is 0 Å². The molecule has 1 atom stereocenters. The quantitative estimate of drug-likeness (QED) is 0.805. The summed E-state index contributed by atoms with van der Waals surface area (Å²) in [6.45, 7) is 5.09. The van der Waals surface area contributed by atoms with Gasteiger partial charge in [0.15, 0.2) is 0 Å². The number of amides is 1. The average molecular weight is 249 g/mol. The van der Waals surface area contributed by atoms with Crippen LogP contribution in [0.1, 0.15) is 18.9 Å². The molecule has 0 fully saturated rings. The lowest BCUT2D eigenvalue weighted by atomic mass is 10.2. The van der Waals surface area contributed by atoms with Gasteiger partial charge in [-0.15, -0.1) is 0 Å². The van der Waals surface area contributed by atoms with Crippen LogP contribution in [0.2, 0.25) is 0 Å². The number of carbonyl (C=O) groups excluding carboxylic acids is 1. The summed E-state index contributed by atoms with van der Waals surface area (Å²) >= 11 is 0. The van der Waals surface area contributed by atoms with Crippen molar-refractivity contribution in [2.75, 3.05) is 25.5 Å². The van der Waals surface area contributed by atoms with Crippen LogP contribution in [-0.4, -0.2) is 37.0 Å². The van der Waals surface area contributed by atoms with Gasteiger partial charge in [-0.25, -0.2) is 0 Å². The second-order valence-corrected chi connectivity index (χ2v) is 4.70. The molecule has 0 saturated heterocycles. The van der Waals surface area contributed by atoms with Gasteiger partial charge < -0.3 is 11.1 Å². The minimum absolute atomic E-state index is 0.00988. The summed E-state index contributed by atoms with van der Waals surface area (Å²) in [7, 11) is 1.94. The number of nitrogens with two attached hydrogens (primary N) is 1. The van der Waals surface area contributed by atoms with Crippen molar-refractivity contribution in [2.45, 2.75) is 26.3 Å². The molecule has 100 valence electrons. The van der Waals surface area contributed by atoms with Gasteiger partial charge in [-0.05, 0) is 45.5 Å². The summed E-state index contributed by atoms with van der Waals surface area (Å²) in [6, 6.07) is 8.09. The first-order chi connectivity index (χ1) is 8.54. The van der Waals surface area contributed by atoms with Crippen molar-refractivity contribution < 1.29 is 4.79 Å². The molecule has 0 bridgehead atoms. The number of carbonyl (C=O) groups is 1. The van der Waals surface area contributed by atoms with Crippen LogP contribution in [0.25, 0.3) is 0 Å². The molecule has 0 aliphatic heterocycles. The minimum Gasteiger partial charge on any atom is -0.330 e. The molecule has 0 spiro atoms. The Kier molecular flexibility index (Phi) is 5.82. The maximum atomic E-state index is 11.9. The summed E-state index contributed by atoms with van der Waals surface area (Å²) in [5.41, 5.74) is 7.46. The van der Waals surface area contributed by atoms with Gasteiger partial charge in [0.05, 0.1) is 6.54 Å². The number of hydrogen-bond donors (Lipinski definition) is 2. The van der Waals surface area contributed by atoms with E-state index in [0.29, 0.717) is 19.1 Å². The highest BCUT2D eigenvalue weighted by Crippen LogP contribution is 2.13. The van der Waals surface area contributed by atoms with E-state index in [2.05, 4.69) is 12.2 Å². The van der Waals surface area contributed by atoms with Crippen molar-refractivity contribution in [3.63, 3.8) is 0 Å². The summed E-state index contributed by atoms with van der Waals surface area (Å²) in [6.07, 6.45) is 0.897. The molecule has 1 rings (SSSR count). The smallest absolute Gasteiger partial charge is 0.238 e. The molecular weight excluding hydrogens is 226 g/mol. The van der Waals surface area contributed by atoms with Gasteiger partial charge in [0.2, 0.25) is 5.91 Å². The molecule has 4 heteroatoms. The Morgan fingerprint density at radius 1 is 1.44 bits per heavy atom. The third-order valence-corrected chi connectivity index (χ3v) is 3.15. The van der Waals surface area contributed by atoms with Gasteiger partial charge in [0.1, 0.15) is 0 Å². The predicted molar refractivity (Wildman–Crippen MR) is 75.6 cm³/mol. The zero-order valence-corrected chi connectivity index (χ0v) is 11.4. The fraction of sp³-hybridized carbons (Fsp3) is 0.500. The van der Waals surface area contributed by atoms with E-state index in [0.717, 1.165) is 17.7 Å². The van der Waals surface area contributed by atoms with Crippen LogP contribution in [0.15, 0.2) is 24.3 Å². The summed E-state index contributed by atoms with van der Waals surface area (Å²) in [4.78, 5) is 13.9. The Morgan fingerprint density at radius 2 is 2.11 bits per heavy atom. The lowest BCUT2D eigenvalue weighted by Crippen LogP contribution is -2.37. The van der Waals surface area contributed by atoms with Crippen LogP contribution < -0.4 is 11.1 Å². The average Bonchev–Trinajstić information content (AvgIpc) is 2.32. The highest BCUT2D eigenvalue weighted by atomic mass is 16.2. The van der Waals surface area contributed by atoms with Crippen LogP contribution >= 0.6 is 0 Å². The normalized spacial score (nSPS) is 12.5. The topological polar surface area (TPSA) is 58.4 Å². The standard InChI is InChI=1S/C14H23N3O/c1-11-6-4-5-7-13(11)16-14(18)10-17(3)12(2)8-9-15/h4-7,12H,8-10,15H2,1-3H3,(H,16,18). The van der Waals surface area contributed by atoms with E-state index in [1.807, 2.05) is 43.1 Å². The van der Waals surface area contributed by atoms with Gasteiger partial charge >= 0.3 is 0 Å². The second-order valence-electron chi connectivity index (χ2n) is 4.70. The molecule has 0 aliphatic carbocycles. The number of nitrogens with zero attached hydrogens (tertiary/aromatic N) is 1. The summed E-state index contributed by atoms with van der Waals surface area (Å²) in [5, 5.41) is 2.93. The summed E-state index contributed by atoms with van der Waals surface area (Å²) < 4.78 is 0. The lowest BCUT2D eigenvalue weighted by Gasteiger charge is -2.23. The Hall–Kier alpha value is -1.39. The highest BCUT2D eigenvalue weighted by molar-refractivity contribution is 5.92. The number of benzene rings is 1. The van der Waals surface area contributed by atoms with Gasteiger partial charge in [0.25, 0.3) is 0 Å². The molecule has 0 saturated carbocycles. The molecule has 1 aromatic carbocycles. The predicted octanol–water partition coefficient (Wildman–Crippen LogP) is 1.60. The summed E-state index contributed by atoms with van der Waals surface area (Å²) in [5.74, 6) is 0.00988. The number of anilines is 1. The maximum Gasteiger partial charge on any atom is 0.238 e. The van der Waals surface area contributed by atoms with Crippen LogP contribution in [0, 0.1) is 6.92 Å². The van der Waals surface area contributed by atoms with Crippen molar-refractivity contribution in [2.24, 2.45) is 5.73 Å². The Labute approximate surface area is 109 Å². The number of para-hydroxylation sites is 1. The second kappa shape index (κ2) is 7.13. The fourth-order valence-electron chi connectivity index (χ4n) is 1.75. The molecule has 0 aromatic heterocycles. The van der Waals surface area contributed by atoms with Crippen LogP contribution in [-0.2, 0) is 4.79 Å². The highest BCUT2D eigenvalue weighted by Gasteiger charge is 2.12. The van der Waals surface area contributed by atoms with E-state index >= 15 is 0 Å². The zero-order valence-electron chi connectivity index (χ0n) is 11.4. The molecule has 1 aromatic rings. The molecule has 18 heavy (non-hydrogen) atoms. The first-order valence-corrected chi connectivity index (χ1v) is 6.30. The molecule has 1 amide bonds. The first-order valence-electron chi connectivity index (χ1n) is 6.30. The number of hydrogen-bond acceptors (Lipinski definition) is 3. The van der Waals surface area contributed by atoms with E-state index in [9.17, 15) is 4.79 Å². The van der Waals surface area contributed by atoms with E-state index in [1.54, 1.807) is 0 Å². The minimum atomic E-state index is 0.00988. The molecule has 4 nitrogen and oxygen atoms in total. The lowest BCUT2D eigenvalue weighted by molar-refractivity contribution is -0.117. The Bertz CT molecular complexity index is 392. The fourth-order valence-corrected chi connectivity index (χ4v) is 1.75. The molecule has 0 aliphatic rings. The van der Waals surface area contributed by atoms with E-state index in [1.165, 1.54) is 0 Å². The van der Waals surface area contributed by atoms with Crippen molar-refractivity contribution in [1.82, 2.24) is 4.90 Å². The van der Waals surface area contributed by atoms with Crippen LogP contribution in [0.4, 0.5) is 5.69 Å². The van der Waals surface area contributed by atoms with E-state index in [-0.39, 0.29) is 5.91 Å². The Morgan fingerprint density at radius 3 is 2.72 bits per heavy atom. The molecule has 3 N–H and O–H groups in total. The first kappa shape index (κ1) is 14.7. The molecular formula is C14H23N3O. The SMILES string of the molecule is Cc1ccccc1NC(=O)CN(C)C(C)CCN. The van der Waals surface area contributed by atoms with E-state index < -0.39 is 0 Å². The molecule has 1 unspecified atom stereocenters. The van der Waals surface area contributed by atoms with Crippen LogP contribution in [0.5, 0.6) is 0 Å². The van der Waals surface area contributed by atoms with Crippen molar-refractivity contribution in [1.29, 1.82) is 0 Å². The van der Waals surface area contributed by atoms with Gasteiger partial charge in [0, 0.05) is 11.7 Å². The number of nitrogens with one attached hydrogen (secondary N) is 1. The van der Waals surface area contributed by atoms with E-state index in [4.69, 9.17) is 5.73 Å². The number of aryl methyl sites for hydroxylation is 1. The largest absolute Gasteiger partial charge is 0.330 e. The third kappa shape index (κ3) is 4.47. The zero-order chi connectivity index (χ0) is 13.5. The Balaban J connectivity index is 2.49. The maximum absolute atomic E-state index is 11.9. The molecule has 0 heterocycles. The van der Waals surface area contributed by atoms with Gasteiger partial charge in [-0.1, -0.05) is 18.2 Å². The van der Waals surface area contributed by atoms with Gasteiger partial charge in [-0.3, -0.25) is 9.69 Å². The monoisotopic (exact) mass is 249 g/mol. The number of rotatable bonds is 6.